The van der Waals surface area contributed by atoms with E-state index < -0.39 is 0 Å². The molecule has 4 nitrogen and oxygen atoms in total. The lowest BCUT2D eigenvalue weighted by atomic mass is 10.2. The van der Waals surface area contributed by atoms with E-state index in [-0.39, 0.29) is 12.5 Å². The number of hydrogen-bond donors (Lipinski definition) is 1. The van der Waals surface area contributed by atoms with Crippen LogP contribution >= 0.6 is 11.6 Å². The third-order valence-corrected chi connectivity index (χ3v) is 3.07. The van der Waals surface area contributed by atoms with Gasteiger partial charge in [0.15, 0.2) is 0 Å². The molecule has 0 aliphatic rings. The molecule has 1 heterocycles. The predicted molar refractivity (Wildman–Crippen MR) is 73.0 cm³/mol. The zero-order valence-electron chi connectivity index (χ0n) is 10.5. The maximum absolute atomic E-state index is 11.6. The molecule has 0 spiro atoms. The van der Waals surface area contributed by atoms with Gasteiger partial charge in [0, 0.05) is 19.3 Å². The predicted octanol–water partition coefficient (Wildman–Crippen LogP) is 1.87. The molecule has 5 heteroatoms. The second-order valence-corrected chi connectivity index (χ2v) is 4.60. The average molecular weight is 266 g/mol. The van der Waals surface area contributed by atoms with Crippen molar-refractivity contribution in [3.63, 3.8) is 0 Å². The molecule has 0 bridgehead atoms. The van der Waals surface area contributed by atoms with Gasteiger partial charge in [-0.1, -0.05) is 6.07 Å². The number of benzene rings is 1. The lowest BCUT2D eigenvalue weighted by molar-refractivity contribution is -0.121. The van der Waals surface area contributed by atoms with Crippen LogP contribution in [-0.4, -0.2) is 28.4 Å². The van der Waals surface area contributed by atoms with Crippen LogP contribution in [0.15, 0.2) is 18.2 Å². The van der Waals surface area contributed by atoms with Gasteiger partial charge in [-0.3, -0.25) is 4.79 Å². The first-order valence-corrected chi connectivity index (χ1v) is 6.41. The van der Waals surface area contributed by atoms with E-state index in [2.05, 4.69) is 10.3 Å². The van der Waals surface area contributed by atoms with Gasteiger partial charge in [-0.25, -0.2) is 4.98 Å². The third kappa shape index (κ3) is 2.48. The molecule has 2 rings (SSSR count). The minimum atomic E-state index is -0.0364. The second-order valence-electron chi connectivity index (χ2n) is 4.22. The van der Waals surface area contributed by atoms with Crippen LogP contribution in [0.5, 0.6) is 0 Å². The Kier molecular flexibility index (Phi) is 3.87. The summed E-state index contributed by atoms with van der Waals surface area (Å²) in [5.74, 6) is 1.32. The Labute approximate surface area is 111 Å². The minimum Gasteiger partial charge on any atom is -0.358 e. The molecule has 0 radical (unpaired) electrons. The van der Waals surface area contributed by atoms with Crippen LogP contribution in [0.1, 0.15) is 11.4 Å². The van der Waals surface area contributed by atoms with Gasteiger partial charge in [0.2, 0.25) is 5.91 Å². The monoisotopic (exact) mass is 265 g/mol. The highest BCUT2D eigenvalue weighted by Gasteiger charge is 2.12. The SMILES string of the molecule is CNC(=O)Cn1c(CCCl)nc2cc(C)ccc21. The third-order valence-electron chi connectivity index (χ3n) is 2.88. The number of amides is 1. The van der Waals surface area contributed by atoms with Gasteiger partial charge < -0.3 is 9.88 Å². The van der Waals surface area contributed by atoms with Gasteiger partial charge in [-0.05, 0) is 24.6 Å². The summed E-state index contributed by atoms with van der Waals surface area (Å²) in [5.41, 5.74) is 3.05. The summed E-state index contributed by atoms with van der Waals surface area (Å²) in [6, 6.07) is 6.04. The first-order valence-electron chi connectivity index (χ1n) is 5.88. The molecule has 18 heavy (non-hydrogen) atoms. The second kappa shape index (κ2) is 5.40. The first-order chi connectivity index (χ1) is 8.65. The zero-order valence-corrected chi connectivity index (χ0v) is 11.3. The van der Waals surface area contributed by atoms with Crippen LogP contribution in [0.4, 0.5) is 0 Å². The molecule has 1 amide bonds. The van der Waals surface area contributed by atoms with Crippen molar-refractivity contribution in [2.45, 2.75) is 19.9 Å². The van der Waals surface area contributed by atoms with Crippen LogP contribution in [-0.2, 0) is 17.8 Å². The number of halogens is 1. The molecule has 96 valence electrons. The number of carbonyl (C=O) groups is 1. The molecular formula is C13H16ClN3O. The van der Waals surface area contributed by atoms with Crippen LogP contribution in [0.25, 0.3) is 11.0 Å². The van der Waals surface area contributed by atoms with E-state index in [1.54, 1.807) is 7.05 Å². The number of fused-ring (bicyclic) bond motifs is 1. The summed E-state index contributed by atoms with van der Waals surface area (Å²) in [4.78, 5) is 16.1. The minimum absolute atomic E-state index is 0.0364. The van der Waals surface area contributed by atoms with Gasteiger partial charge in [-0.15, -0.1) is 11.6 Å². The molecule has 0 saturated carbocycles. The lowest BCUT2D eigenvalue weighted by Crippen LogP contribution is -2.24. The number of aromatic nitrogens is 2. The van der Waals surface area contributed by atoms with E-state index in [1.165, 1.54) is 0 Å². The Morgan fingerprint density at radius 2 is 2.28 bits per heavy atom. The smallest absolute Gasteiger partial charge is 0.239 e. The van der Waals surface area contributed by atoms with Crippen molar-refractivity contribution >= 4 is 28.5 Å². The number of alkyl halides is 1. The normalized spacial score (nSPS) is 10.8. The molecule has 2 aromatic rings. The van der Waals surface area contributed by atoms with Crippen molar-refractivity contribution in [3.05, 3.63) is 29.6 Å². The van der Waals surface area contributed by atoms with Crippen LogP contribution in [0.2, 0.25) is 0 Å². The number of nitrogens with one attached hydrogen (secondary N) is 1. The van der Waals surface area contributed by atoms with Crippen molar-refractivity contribution in [1.29, 1.82) is 0 Å². The van der Waals surface area contributed by atoms with Gasteiger partial charge in [-0.2, -0.15) is 0 Å². The topological polar surface area (TPSA) is 46.9 Å². The highest BCUT2D eigenvalue weighted by Crippen LogP contribution is 2.18. The Morgan fingerprint density at radius 3 is 2.94 bits per heavy atom. The Hall–Kier alpha value is -1.55. The fourth-order valence-electron chi connectivity index (χ4n) is 1.96. The Bertz CT molecular complexity index is 577. The Morgan fingerprint density at radius 1 is 1.50 bits per heavy atom. The number of aryl methyl sites for hydroxylation is 2. The van der Waals surface area contributed by atoms with E-state index in [9.17, 15) is 4.79 Å². The van der Waals surface area contributed by atoms with E-state index in [4.69, 9.17) is 11.6 Å². The number of carbonyl (C=O) groups excluding carboxylic acids is 1. The van der Waals surface area contributed by atoms with Gasteiger partial charge in [0.05, 0.1) is 11.0 Å². The van der Waals surface area contributed by atoms with Crippen molar-refractivity contribution < 1.29 is 4.79 Å². The summed E-state index contributed by atoms with van der Waals surface area (Å²) in [5, 5.41) is 2.63. The highest BCUT2D eigenvalue weighted by atomic mass is 35.5. The number of likely N-dealkylation sites (N-methyl/N-ethyl adjacent to an activating group) is 1. The van der Waals surface area contributed by atoms with Crippen LogP contribution < -0.4 is 5.32 Å². The fourth-order valence-corrected chi connectivity index (χ4v) is 2.13. The lowest BCUT2D eigenvalue weighted by Gasteiger charge is -2.07. The zero-order chi connectivity index (χ0) is 13.1. The molecule has 0 fully saturated rings. The molecule has 1 aromatic carbocycles. The van der Waals surface area contributed by atoms with Crippen molar-refractivity contribution in [2.75, 3.05) is 12.9 Å². The summed E-state index contributed by atoms with van der Waals surface area (Å²) in [6.07, 6.45) is 0.659. The van der Waals surface area contributed by atoms with E-state index in [0.717, 1.165) is 22.4 Å². The number of imidazole rings is 1. The molecule has 0 saturated heterocycles. The average Bonchev–Trinajstić information content (AvgIpc) is 2.67. The van der Waals surface area contributed by atoms with Crippen molar-refractivity contribution in [3.8, 4) is 0 Å². The quantitative estimate of drug-likeness (QED) is 0.858. The largest absolute Gasteiger partial charge is 0.358 e. The maximum Gasteiger partial charge on any atom is 0.239 e. The first kappa shape index (κ1) is 12.9. The molecule has 1 N–H and O–H groups in total. The Balaban J connectivity index is 2.51. The number of hydrogen-bond acceptors (Lipinski definition) is 2. The summed E-state index contributed by atoms with van der Waals surface area (Å²) in [7, 11) is 1.63. The molecule has 0 unspecified atom stereocenters. The molecule has 0 aliphatic carbocycles. The summed E-state index contributed by atoms with van der Waals surface area (Å²) in [6.45, 7) is 2.31. The number of nitrogens with zero attached hydrogens (tertiary/aromatic N) is 2. The van der Waals surface area contributed by atoms with Gasteiger partial charge in [0.25, 0.3) is 0 Å². The van der Waals surface area contributed by atoms with Crippen molar-refractivity contribution in [2.24, 2.45) is 0 Å². The summed E-state index contributed by atoms with van der Waals surface area (Å²) >= 11 is 5.78. The highest BCUT2D eigenvalue weighted by molar-refractivity contribution is 6.17. The van der Waals surface area contributed by atoms with Crippen LogP contribution in [0.3, 0.4) is 0 Å². The van der Waals surface area contributed by atoms with E-state index in [1.807, 2.05) is 29.7 Å². The number of rotatable bonds is 4. The van der Waals surface area contributed by atoms with Gasteiger partial charge >= 0.3 is 0 Å². The molecule has 0 atom stereocenters. The summed E-state index contributed by atoms with van der Waals surface area (Å²) < 4.78 is 1.93. The van der Waals surface area contributed by atoms with E-state index in [0.29, 0.717) is 12.3 Å². The fraction of sp³-hybridized carbons (Fsp3) is 0.385. The molecule has 0 aliphatic heterocycles. The van der Waals surface area contributed by atoms with Crippen LogP contribution in [0, 0.1) is 6.92 Å². The standard InChI is InChI=1S/C13H16ClN3O/c1-9-3-4-11-10(7-9)16-12(5-6-14)17(11)8-13(18)15-2/h3-4,7H,5-6,8H2,1-2H3,(H,15,18). The van der Waals surface area contributed by atoms with Crippen molar-refractivity contribution in [1.82, 2.24) is 14.9 Å². The maximum atomic E-state index is 11.6. The molecule has 1 aromatic heterocycles. The van der Waals surface area contributed by atoms with Gasteiger partial charge in [0.1, 0.15) is 12.4 Å². The van der Waals surface area contributed by atoms with E-state index >= 15 is 0 Å². The molecular weight excluding hydrogens is 250 g/mol.